The van der Waals surface area contributed by atoms with Crippen LogP contribution in [0.25, 0.3) is 43.7 Å². The number of hydrogen-bond acceptors (Lipinski definition) is 3. The molecule has 2 heterocycles. The Hall–Kier alpha value is -3.89. The number of benzene rings is 5. The van der Waals surface area contributed by atoms with Crippen molar-refractivity contribution in [3.05, 3.63) is 113 Å². The van der Waals surface area contributed by atoms with E-state index in [0.29, 0.717) is 0 Å². The molecule has 5 aromatic carbocycles. The summed E-state index contributed by atoms with van der Waals surface area (Å²) in [5.41, 5.74) is 5.18. The predicted molar refractivity (Wildman–Crippen MR) is 143 cm³/mol. The first-order chi connectivity index (χ1) is 16.7. The van der Waals surface area contributed by atoms with E-state index in [-0.39, 0.29) is 6.23 Å². The number of aromatic nitrogens is 1. The minimum Gasteiger partial charge on any atom is -0.464 e. The van der Waals surface area contributed by atoms with Gasteiger partial charge in [0.1, 0.15) is 5.75 Å². The van der Waals surface area contributed by atoms with Crippen LogP contribution < -0.4 is 10.1 Å². The van der Waals surface area contributed by atoms with Gasteiger partial charge in [-0.05, 0) is 47.2 Å². The average Bonchev–Trinajstić information content (AvgIpc) is 3.33. The van der Waals surface area contributed by atoms with Gasteiger partial charge in [0.25, 0.3) is 0 Å². The fraction of sp³-hybridized carbons (Fsp3) is 0.0333. The molecule has 0 fully saturated rings. The van der Waals surface area contributed by atoms with Crippen LogP contribution in [-0.2, 0) is 0 Å². The molecule has 4 heteroatoms. The monoisotopic (exact) mass is 502 g/mol. The number of halogens is 1. The Kier molecular flexibility index (Phi) is 4.36. The molecular weight excluding hydrogens is 484 g/mol. The fourth-order valence-electron chi connectivity index (χ4n) is 4.92. The summed E-state index contributed by atoms with van der Waals surface area (Å²) >= 11 is 3.57. The lowest BCUT2D eigenvalue weighted by Gasteiger charge is -2.13. The van der Waals surface area contributed by atoms with Crippen molar-refractivity contribution in [2.45, 2.75) is 6.23 Å². The van der Waals surface area contributed by atoms with Gasteiger partial charge in [0, 0.05) is 31.8 Å². The predicted octanol–water partition coefficient (Wildman–Crippen LogP) is 8.47. The first kappa shape index (κ1) is 19.6. The molecule has 6 aromatic rings. The number of nitrogens with zero attached hydrogens (tertiary/aromatic N) is 1. The summed E-state index contributed by atoms with van der Waals surface area (Å²) in [4.78, 5) is 5.12. The molecule has 0 radical (unpaired) electrons. The Morgan fingerprint density at radius 3 is 2.44 bits per heavy atom. The first-order valence-electron chi connectivity index (χ1n) is 11.3. The topological polar surface area (TPSA) is 34.1 Å². The Morgan fingerprint density at radius 1 is 0.735 bits per heavy atom. The number of para-hydroxylation sites is 1. The van der Waals surface area contributed by atoms with E-state index < -0.39 is 0 Å². The molecule has 0 spiro atoms. The van der Waals surface area contributed by atoms with Crippen molar-refractivity contribution in [1.82, 2.24) is 4.98 Å². The smallest absolute Gasteiger partial charge is 0.196 e. The van der Waals surface area contributed by atoms with Crippen LogP contribution in [0.1, 0.15) is 11.8 Å². The zero-order chi connectivity index (χ0) is 22.6. The van der Waals surface area contributed by atoms with Crippen molar-refractivity contribution in [3.8, 4) is 17.0 Å². The quantitative estimate of drug-likeness (QED) is 0.241. The van der Waals surface area contributed by atoms with E-state index in [9.17, 15) is 0 Å². The van der Waals surface area contributed by atoms with E-state index in [2.05, 4.69) is 100 Å². The van der Waals surface area contributed by atoms with Gasteiger partial charge in [-0.1, -0.05) is 82.7 Å². The number of hydrogen-bond donors (Lipinski definition) is 1. The van der Waals surface area contributed by atoms with Gasteiger partial charge in [-0.2, -0.15) is 0 Å². The molecule has 0 bridgehead atoms. The average molecular weight is 503 g/mol. The number of rotatable bonds is 2. The number of anilines is 1. The molecule has 0 aliphatic carbocycles. The van der Waals surface area contributed by atoms with Crippen LogP contribution in [0.3, 0.4) is 0 Å². The molecule has 1 aromatic heterocycles. The lowest BCUT2D eigenvalue weighted by atomic mass is 9.97. The molecule has 162 valence electrons. The largest absolute Gasteiger partial charge is 0.464 e. The molecule has 1 unspecified atom stereocenters. The number of ether oxygens (including phenoxy) is 1. The summed E-state index contributed by atoms with van der Waals surface area (Å²) in [5.74, 6) is 0.868. The highest BCUT2D eigenvalue weighted by Crippen LogP contribution is 2.47. The highest BCUT2D eigenvalue weighted by molar-refractivity contribution is 9.10. The van der Waals surface area contributed by atoms with E-state index in [1.54, 1.807) is 0 Å². The van der Waals surface area contributed by atoms with Crippen LogP contribution in [0.2, 0.25) is 0 Å². The number of nitrogens with one attached hydrogen (secondary N) is 1. The van der Waals surface area contributed by atoms with Crippen molar-refractivity contribution in [1.29, 1.82) is 0 Å². The highest BCUT2D eigenvalue weighted by atomic mass is 79.9. The van der Waals surface area contributed by atoms with Crippen molar-refractivity contribution in [2.24, 2.45) is 0 Å². The van der Waals surface area contributed by atoms with Crippen molar-refractivity contribution in [3.63, 3.8) is 0 Å². The summed E-state index contributed by atoms with van der Waals surface area (Å²) in [6.07, 6.45) is -0.212. The van der Waals surface area contributed by atoms with Gasteiger partial charge in [0.2, 0.25) is 0 Å². The SMILES string of the molecule is Brc1ccc2cc(-c3nc4ccccc4c4c5c(ccc34)OC(c3ccccc3)N5)ccc2c1. The van der Waals surface area contributed by atoms with Crippen LogP contribution >= 0.6 is 15.9 Å². The molecule has 3 nitrogen and oxygen atoms in total. The van der Waals surface area contributed by atoms with E-state index in [0.717, 1.165) is 54.4 Å². The standard InChI is InChI=1S/C30H19BrN2O/c31-22-13-12-19-16-21(11-10-20(19)17-22)28-24-14-15-26-29(27(24)23-8-4-5-9-25(23)32-28)33-30(34-26)18-6-2-1-3-7-18/h1-17,30,33H. The van der Waals surface area contributed by atoms with E-state index in [1.807, 2.05) is 24.3 Å². The second-order valence-electron chi connectivity index (χ2n) is 8.60. The van der Waals surface area contributed by atoms with Crippen LogP contribution in [-0.4, -0.2) is 4.98 Å². The third-order valence-corrected chi connectivity index (χ3v) is 7.02. The second-order valence-corrected chi connectivity index (χ2v) is 9.51. The number of fused-ring (bicyclic) bond motifs is 6. The van der Waals surface area contributed by atoms with Crippen LogP contribution in [0.4, 0.5) is 5.69 Å². The zero-order valence-corrected chi connectivity index (χ0v) is 19.7. The molecule has 1 atom stereocenters. The molecular formula is C30H19BrN2O. The van der Waals surface area contributed by atoms with E-state index in [4.69, 9.17) is 9.72 Å². The van der Waals surface area contributed by atoms with E-state index in [1.165, 1.54) is 10.8 Å². The summed E-state index contributed by atoms with van der Waals surface area (Å²) in [5, 5.41) is 9.41. The minimum atomic E-state index is -0.212. The Labute approximate surface area is 205 Å². The second kappa shape index (κ2) is 7.57. The molecule has 1 N–H and O–H groups in total. The Bertz CT molecular complexity index is 1730. The van der Waals surface area contributed by atoms with Crippen molar-refractivity contribution < 1.29 is 4.74 Å². The lowest BCUT2D eigenvalue weighted by Crippen LogP contribution is -2.09. The van der Waals surface area contributed by atoms with Gasteiger partial charge < -0.3 is 10.1 Å². The maximum atomic E-state index is 6.33. The van der Waals surface area contributed by atoms with E-state index >= 15 is 0 Å². The molecule has 1 aliphatic rings. The maximum absolute atomic E-state index is 6.33. The van der Waals surface area contributed by atoms with Gasteiger partial charge in [0.15, 0.2) is 6.23 Å². The first-order valence-corrected chi connectivity index (χ1v) is 12.1. The summed E-state index contributed by atoms with van der Waals surface area (Å²) in [6, 6.07) is 35.7. The van der Waals surface area contributed by atoms with Gasteiger partial charge in [0.05, 0.1) is 16.9 Å². The van der Waals surface area contributed by atoms with Gasteiger partial charge in [-0.15, -0.1) is 0 Å². The minimum absolute atomic E-state index is 0.212. The zero-order valence-electron chi connectivity index (χ0n) is 18.1. The van der Waals surface area contributed by atoms with Crippen LogP contribution in [0, 0.1) is 0 Å². The number of pyridine rings is 1. The van der Waals surface area contributed by atoms with Gasteiger partial charge in [-0.3, -0.25) is 0 Å². The molecule has 0 amide bonds. The molecule has 7 rings (SSSR count). The third kappa shape index (κ3) is 3.06. The summed E-state index contributed by atoms with van der Waals surface area (Å²) in [6.45, 7) is 0. The Balaban J connectivity index is 1.48. The normalized spacial score (nSPS) is 14.8. The van der Waals surface area contributed by atoms with Crippen molar-refractivity contribution >= 4 is 54.1 Å². The third-order valence-electron chi connectivity index (χ3n) is 6.53. The van der Waals surface area contributed by atoms with Gasteiger partial charge in [-0.25, -0.2) is 4.98 Å². The fourth-order valence-corrected chi connectivity index (χ4v) is 5.29. The Morgan fingerprint density at radius 2 is 1.53 bits per heavy atom. The van der Waals surface area contributed by atoms with Crippen LogP contribution in [0.5, 0.6) is 5.75 Å². The molecule has 0 saturated carbocycles. The van der Waals surface area contributed by atoms with Crippen molar-refractivity contribution in [2.75, 3.05) is 5.32 Å². The van der Waals surface area contributed by atoms with Gasteiger partial charge >= 0.3 is 0 Å². The lowest BCUT2D eigenvalue weighted by molar-refractivity contribution is 0.260. The van der Waals surface area contributed by atoms with Crippen LogP contribution in [0.15, 0.2) is 108 Å². The molecule has 0 saturated heterocycles. The molecule has 1 aliphatic heterocycles. The summed E-state index contributed by atoms with van der Waals surface area (Å²) < 4.78 is 7.41. The summed E-state index contributed by atoms with van der Waals surface area (Å²) in [7, 11) is 0. The maximum Gasteiger partial charge on any atom is 0.196 e. The highest BCUT2D eigenvalue weighted by Gasteiger charge is 2.27. The molecule has 34 heavy (non-hydrogen) atoms.